The van der Waals surface area contributed by atoms with E-state index in [4.69, 9.17) is 27.4 Å². The van der Waals surface area contributed by atoms with Gasteiger partial charge in [0.25, 0.3) is 0 Å². The van der Waals surface area contributed by atoms with Crippen LogP contribution < -0.4 is 15.2 Å². The minimum atomic E-state index is 0.342. The predicted octanol–water partition coefficient (Wildman–Crippen LogP) is 3.53. The van der Waals surface area contributed by atoms with E-state index in [1.54, 1.807) is 13.2 Å². The van der Waals surface area contributed by atoms with Crippen LogP contribution in [0.1, 0.15) is 22.3 Å². The largest absolute Gasteiger partial charge is 0.493 e. The molecule has 0 heterocycles. The summed E-state index contributed by atoms with van der Waals surface area (Å²) in [6, 6.07) is 11.8. The second kappa shape index (κ2) is 6.59. The fraction of sp³-hybridized carbons (Fsp3) is 0.235. The Labute approximate surface area is 130 Å². The molecule has 0 saturated heterocycles. The minimum Gasteiger partial charge on any atom is -0.493 e. The number of hydrogen-bond acceptors (Lipinski definition) is 3. The molecule has 0 aliphatic heterocycles. The van der Waals surface area contributed by atoms with Gasteiger partial charge < -0.3 is 15.2 Å². The molecule has 3 nitrogen and oxygen atoms in total. The normalized spacial score (nSPS) is 10.2. The van der Waals surface area contributed by atoms with E-state index in [2.05, 4.69) is 32.0 Å². The number of aryl methyl sites for hydroxylation is 2. The number of nitrogens with two attached hydrogens (primary N) is 1. The molecule has 2 aromatic rings. The van der Waals surface area contributed by atoms with Crippen LogP contribution in [-0.2, 0) is 6.61 Å². The average Bonchev–Trinajstić information content (AvgIpc) is 2.43. The number of ether oxygens (including phenoxy) is 2. The quantitative estimate of drug-likeness (QED) is 0.858. The van der Waals surface area contributed by atoms with Gasteiger partial charge in [-0.2, -0.15) is 0 Å². The summed E-state index contributed by atoms with van der Waals surface area (Å²) >= 11 is 4.96. The smallest absolute Gasteiger partial charge is 0.161 e. The van der Waals surface area contributed by atoms with E-state index in [0.29, 0.717) is 23.1 Å². The molecule has 0 fully saturated rings. The Hall–Kier alpha value is -2.07. The molecule has 0 bridgehead atoms. The average molecular weight is 301 g/mol. The van der Waals surface area contributed by atoms with Crippen LogP contribution in [0.25, 0.3) is 0 Å². The van der Waals surface area contributed by atoms with Gasteiger partial charge in [-0.1, -0.05) is 41.5 Å². The zero-order valence-corrected chi connectivity index (χ0v) is 13.3. The minimum absolute atomic E-state index is 0.342. The second-order valence-corrected chi connectivity index (χ2v) is 5.45. The summed E-state index contributed by atoms with van der Waals surface area (Å²) in [6.45, 7) is 4.65. The van der Waals surface area contributed by atoms with Gasteiger partial charge in [-0.25, -0.2) is 0 Å². The monoisotopic (exact) mass is 301 g/mol. The Morgan fingerprint density at radius 3 is 2.29 bits per heavy atom. The topological polar surface area (TPSA) is 44.5 Å². The van der Waals surface area contributed by atoms with Gasteiger partial charge in [-0.3, -0.25) is 0 Å². The fourth-order valence-corrected chi connectivity index (χ4v) is 2.38. The Morgan fingerprint density at radius 1 is 1.05 bits per heavy atom. The third kappa shape index (κ3) is 3.95. The molecule has 0 aromatic heterocycles. The van der Waals surface area contributed by atoms with Crippen molar-refractivity contribution in [1.29, 1.82) is 0 Å². The van der Waals surface area contributed by atoms with Gasteiger partial charge in [0.2, 0.25) is 0 Å². The van der Waals surface area contributed by atoms with Gasteiger partial charge in [-0.05, 0) is 37.6 Å². The summed E-state index contributed by atoms with van der Waals surface area (Å²) in [5.41, 5.74) is 9.97. The Bertz CT molecular complexity index is 648. The summed E-state index contributed by atoms with van der Waals surface area (Å²) in [5.74, 6) is 1.31. The van der Waals surface area contributed by atoms with E-state index in [-0.39, 0.29) is 0 Å². The molecule has 0 atom stereocenters. The van der Waals surface area contributed by atoms with Gasteiger partial charge in [0.05, 0.1) is 7.11 Å². The molecule has 21 heavy (non-hydrogen) atoms. The zero-order valence-electron chi connectivity index (χ0n) is 12.5. The standard InChI is InChI=1S/C17H19NO2S/c1-11-6-12(2)8-13(7-11)10-20-15-5-4-14(17(18)21)9-16(15)19-3/h4-9H,10H2,1-3H3,(H2,18,21). The second-order valence-electron chi connectivity index (χ2n) is 5.01. The van der Waals surface area contributed by atoms with Crippen LogP contribution in [0.4, 0.5) is 0 Å². The van der Waals surface area contributed by atoms with E-state index >= 15 is 0 Å². The highest BCUT2D eigenvalue weighted by molar-refractivity contribution is 7.80. The first-order valence-electron chi connectivity index (χ1n) is 6.67. The summed E-state index contributed by atoms with van der Waals surface area (Å²) in [5, 5.41) is 0. The van der Waals surface area contributed by atoms with Crippen molar-refractivity contribution in [2.75, 3.05) is 7.11 Å². The SMILES string of the molecule is COc1cc(C(N)=S)ccc1OCc1cc(C)cc(C)c1. The van der Waals surface area contributed by atoms with E-state index in [1.165, 1.54) is 11.1 Å². The first-order valence-corrected chi connectivity index (χ1v) is 7.08. The van der Waals surface area contributed by atoms with Crippen LogP contribution in [0.2, 0.25) is 0 Å². The van der Waals surface area contributed by atoms with Crippen LogP contribution in [0.3, 0.4) is 0 Å². The first kappa shape index (κ1) is 15.3. The maximum atomic E-state index is 5.85. The van der Waals surface area contributed by atoms with Gasteiger partial charge in [0.15, 0.2) is 11.5 Å². The highest BCUT2D eigenvalue weighted by Crippen LogP contribution is 2.29. The Balaban J connectivity index is 2.17. The lowest BCUT2D eigenvalue weighted by molar-refractivity contribution is 0.284. The summed E-state index contributed by atoms with van der Waals surface area (Å²) in [7, 11) is 1.60. The van der Waals surface area contributed by atoms with Crippen LogP contribution >= 0.6 is 12.2 Å². The molecule has 0 radical (unpaired) electrons. The summed E-state index contributed by atoms with van der Waals surface area (Å²) in [4.78, 5) is 0.342. The summed E-state index contributed by atoms with van der Waals surface area (Å²) in [6.07, 6.45) is 0. The van der Waals surface area contributed by atoms with Crippen molar-refractivity contribution in [3.8, 4) is 11.5 Å². The van der Waals surface area contributed by atoms with Gasteiger partial charge in [-0.15, -0.1) is 0 Å². The number of methoxy groups -OCH3 is 1. The van der Waals surface area contributed by atoms with Crippen LogP contribution in [-0.4, -0.2) is 12.1 Å². The molecular formula is C17H19NO2S. The molecular weight excluding hydrogens is 282 g/mol. The molecule has 2 N–H and O–H groups in total. The van der Waals surface area contributed by atoms with Crippen molar-refractivity contribution in [3.05, 3.63) is 58.7 Å². The zero-order chi connectivity index (χ0) is 15.4. The summed E-state index contributed by atoms with van der Waals surface area (Å²) < 4.78 is 11.2. The molecule has 0 saturated carbocycles. The Kier molecular flexibility index (Phi) is 4.81. The lowest BCUT2D eigenvalue weighted by Gasteiger charge is -2.12. The maximum Gasteiger partial charge on any atom is 0.161 e. The van der Waals surface area contributed by atoms with E-state index in [1.807, 2.05) is 12.1 Å². The maximum absolute atomic E-state index is 5.85. The molecule has 0 unspecified atom stereocenters. The Morgan fingerprint density at radius 2 is 1.71 bits per heavy atom. The first-order chi connectivity index (χ1) is 9.99. The van der Waals surface area contributed by atoms with Gasteiger partial charge in [0, 0.05) is 5.56 Å². The molecule has 110 valence electrons. The van der Waals surface area contributed by atoms with Crippen molar-refractivity contribution >= 4 is 17.2 Å². The fourth-order valence-electron chi connectivity index (χ4n) is 2.25. The molecule has 2 aromatic carbocycles. The molecule has 0 aliphatic rings. The van der Waals surface area contributed by atoms with Gasteiger partial charge >= 0.3 is 0 Å². The van der Waals surface area contributed by atoms with Crippen LogP contribution in [0.5, 0.6) is 11.5 Å². The van der Waals surface area contributed by atoms with Crippen molar-refractivity contribution < 1.29 is 9.47 Å². The number of hydrogen-bond donors (Lipinski definition) is 1. The van der Waals surface area contributed by atoms with E-state index in [0.717, 1.165) is 11.1 Å². The highest BCUT2D eigenvalue weighted by Gasteiger charge is 2.08. The molecule has 4 heteroatoms. The van der Waals surface area contributed by atoms with Gasteiger partial charge in [0.1, 0.15) is 11.6 Å². The van der Waals surface area contributed by atoms with Crippen LogP contribution in [0.15, 0.2) is 36.4 Å². The van der Waals surface area contributed by atoms with Crippen LogP contribution in [0, 0.1) is 13.8 Å². The number of thiocarbonyl (C=S) groups is 1. The third-order valence-corrected chi connectivity index (χ3v) is 3.36. The van der Waals surface area contributed by atoms with Crippen molar-refractivity contribution in [3.63, 3.8) is 0 Å². The van der Waals surface area contributed by atoms with Crippen molar-refractivity contribution in [2.45, 2.75) is 20.5 Å². The lowest BCUT2D eigenvalue weighted by atomic mass is 10.1. The van der Waals surface area contributed by atoms with Crippen molar-refractivity contribution in [2.24, 2.45) is 5.73 Å². The third-order valence-electron chi connectivity index (χ3n) is 3.12. The molecule has 2 rings (SSSR count). The van der Waals surface area contributed by atoms with E-state index < -0.39 is 0 Å². The number of benzene rings is 2. The number of rotatable bonds is 5. The molecule has 0 amide bonds. The van der Waals surface area contributed by atoms with Crippen molar-refractivity contribution in [1.82, 2.24) is 0 Å². The highest BCUT2D eigenvalue weighted by atomic mass is 32.1. The predicted molar refractivity (Wildman–Crippen MR) is 89.1 cm³/mol. The lowest BCUT2D eigenvalue weighted by Crippen LogP contribution is -2.09. The molecule has 0 spiro atoms. The van der Waals surface area contributed by atoms with E-state index in [9.17, 15) is 0 Å². The molecule has 0 aliphatic carbocycles.